The van der Waals surface area contributed by atoms with E-state index in [-0.39, 0.29) is 6.04 Å². The number of hydrazine groups is 1. The molecule has 0 aliphatic heterocycles. The number of rotatable bonds is 4. The molecular formula is C13H13BrClN3. The van der Waals surface area contributed by atoms with Crippen molar-refractivity contribution in [1.29, 1.82) is 0 Å². The first-order chi connectivity index (χ1) is 8.72. The number of hydrogen-bond donors (Lipinski definition) is 2. The number of nitrogens with two attached hydrogens (primary N) is 1. The lowest BCUT2D eigenvalue weighted by Crippen LogP contribution is -2.29. The summed E-state index contributed by atoms with van der Waals surface area (Å²) >= 11 is 9.69. The highest BCUT2D eigenvalue weighted by Crippen LogP contribution is 2.31. The Kier molecular flexibility index (Phi) is 4.72. The van der Waals surface area contributed by atoms with E-state index in [1.165, 1.54) is 0 Å². The quantitative estimate of drug-likeness (QED) is 0.670. The molecule has 2 rings (SSSR count). The molecule has 0 aliphatic rings. The monoisotopic (exact) mass is 325 g/mol. The van der Waals surface area contributed by atoms with Crippen molar-refractivity contribution < 1.29 is 0 Å². The van der Waals surface area contributed by atoms with Crippen LogP contribution in [0, 0.1) is 0 Å². The third-order valence-corrected chi connectivity index (χ3v) is 4.03. The van der Waals surface area contributed by atoms with Gasteiger partial charge in [-0.15, -0.1) is 0 Å². The average Bonchev–Trinajstić information content (AvgIpc) is 2.41. The van der Waals surface area contributed by atoms with Gasteiger partial charge in [0.2, 0.25) is 0 Å². The van der Waals surface area contributed by atoms with Gasteiger partial charge >= 0.3 is 0 Å². The van der Waals surface area contributed by atoms with Crippen molar-refractivity contribution in [2.24, 2.45) is 5.84 Å². The topological polar surface area (TPSA) is 50.9 Å². The normalized spacial score (nSPS) is 12.4. The maximum Gasteiger partial charge on any atom is 0.0596 e. The minimum Gasteiger partial charge on any atom is -0.271 e. The molecule has 0 bridgehead atoms. The van der Waals surface area contributed by atoms with Gasteiger partial charge in [0.15, 0.2) is 0 Å². The van der Waals surface area contributed by atoms with E-state index in [4.69, 9.17) is 17.4 Å². The summed E-state index contributed by atoms with van der Waals surface area (Å²) in [5, 5.41) is 0.685. The molecule has 2 aromatic rings. The SMILES string of the molecule is NNC(Cc1cccnc1)c1cccc(Br)c1Cl. The van der Waals surface area contributed by atoms with Crippen molar-refractivity contribution in [3.8, 4) is 0 Å². The first kappa shape index (κ1) is 13.5. The van der Waals surface area contributed by atoms with Crippen LogP contribution in [-0.2, 0) is 6.42 Å². The Morgan fingerprint density at radius 2 is 2.17 bits per heavy atom. The molecule has 1 unspecified atom stereocenters. The Hall–Kier alpha value is -0.940. The summed E-state index contributed by atoms with van der Waals surface area (Å²) in [6.07, 6.45) is 4.32. The number of pyridine rings is 1. The number of aromatic nitrogens is 1. The summed E-state index contributed by atoms with van der Waals surface area (Å²) in [6.45, 7) is 0. The summed E-state index contributed by atoms with van der Waals surface area (Å²) < 4.78 is 0.869. The molecule has 0 amide bonds. The Labute approximate surface area is 119 Å². The van der Waals surface area contributed by atoms with Crippen LogP contribution in [0.25, 0.3) is 0 Å². The minimum atomic E-state index is -0.0424. The Balaban J connectivity index is 2.26. The van der Waals surface area contributed by atoms with E-state index in [1.807, 2.05) is 36.5 Å². The molecule has 18 heavy (non-hydrogen) atoms. The Morgan fingerprint density at radius 3 is 2.83 bits per heavy atom. The number of nitrogens with zero attached hydrogens (tertiary/aromatic N) is 1. The lowest BCUT2D eigenvalue weighted by molar-refractivity contribution is 0.551. The summed E-state index contributed by atoms with van der Waals surface area (Å²) in [7, 11) is 0. The molecular weight excluding hydrogens is 314 g/mol. The van der Waals surface area contributed by atoms with Crippen LogP contribution in [0.2, 0.25) is 5.02 Å². The van der Waals surface area contributed by atoms with Crippen LogP contribution in [0.3, 0.4) is 0 Å². The van der Waals surface area contributed by atoms with Gasteiger partial charge in [-0.1, -0.05) is 29.8 Å². The van der Waals surface area contributed by atoms with Gasteiger partial charge in [0.25, 0.3) is 0 Å². The van der Waals surface area contributed by atoms with Crippen LogP contribution < -0.4 is 11.3 Å². The largest absolute Gasteiger partial charge is 0.271 e. The first-order valence-corrected chi connectivity index (χ1v) is 6.68. The standard InChI is InChI=1S/C13H13BrClN3/c14-11-5-1-4-10(13(11)15)12(18-16)7-9-3-2-6-17-8-9/h1-6,8,12,18H,7,16H2. The van der Waals surface area contributed by atoms with Crippen molar-refractivity contribution in [1.82, 2.24) is 10.4 Å². The second-order valence-corrected chi connectivity index (χ2v) is 5.16. The number of nitrogens with one attached hydrogen (secondary N) is 1. The smallest absolute Gasteiger partial charge is 0.0596 e. The van der Waals surface area contributed by atoms with Crippen LogP contribution in [0.4, 0.5) is 0 Å². The zero-order valence-corrected chi connectivity index (χ0v) is 11.9. The van der Waals surface area contributed by atoms with Gasteiger partial charge in [-0.25, -0.2) is 0 Å². The number of hydrogen-bond acceptors (Lipinski definition) is 3. The van der Waals surface area contributed by atoms with Crippen molar-refractivity contribution in [3.63, 3.8) is 0 Å². The van der Waals surface area contributed by atoms with Crippen LogP contribution in [0.15, 0.2) is 47.2 Å². The molecule has 0 saturated heterocycles. The summed E-state index contributed by atoms with van der Waals surface area (Å²) in [6, 6.07) is 9.70. The van der Waals surface area contributed by atoms with Crippen LogP contribution in [-0.4, -0.2) is 4.98 Å². The van der Waals surface area contributed by atoms with E-state index in [2.05, 4.69) is 26.3 Å². The predicted octanol–water partition coefficient (Wildman–Crippen LogP) is 3.24. The van der Waals surface area contributed by atoms with Gasteiger partial charge < -0.3 is 0 Å². The van der Waals surface area contributed by atoms with Gasteiger partial charge in [0.1, 0.15) is 0 Å². The average molecular weight is 327 g/mol. The predicted molar refractivity (Wildman–Crippen MR) is 77.2 cm³/mol. The third-order valence-electron chi connectivity index (χ3n) is 2.72. The molecule has 5 heteroatoms. The third kappa shape index (κ3) is 3.09. The first-order valence-electron chi connectivity index (χ1n) is 5.51. The van der Waals surface area contributed by atoms with E-state index >= 15 is 0 Å². The highest BCUT2D eigenvalue weighted by molar-refractivity contribution is 9.10. The maximum absolute atomic E-state index is 6.27. The molecule has 1 aromatic carbocycles. The second kappa shape index (κ2) is 6.29. The Bertz CT molecular complexity index is 519. The number of halogens is 2. The van der Waals surface area contributed by atoms with Gasteiger partial charge in [-0.3, -0.25) is 16.3 Å². The highest BCUT2D eigenvalue weighted by Gasteiger charge is 2.15. The molecule has 3 N–H and O–H groups in total. The second-order valence-electron chi connectivity index (χ2n) is 3.93. The van der Waals surface area contributed by atoms with Crippen molar-refractivity contribution in [2.45, 2.75) is 12.5 Å². The van der Waals surface area contributed by atoms with Crippen LogP contribution >= 0.6 is 27.5 Å². The zero-order chi connectivity index (χ0) is 13.0. The molecule has 1 heterocycles. The molecule has 0 radical (unpaired) electrons. The van der Waals surface area contributed by atoms with Gasteiger partial charge in [0.05, 0.1) is 11.1 Å². The molecule has 1 atom stereocenters. The van der Waals surface area contributed by atoms with E-state index in [9.17, 15) is 0 Å². The molecule has 3 nitrogen and oxygen atoms in total. The van der Waals surface area contributed by atoms with Crippen molar-refractivity contribution in [3.05, 3.63) is 63.3 Å². The Morgan fingerprint density at radius 1 is 1.33 bits per heavy atom. The summed E-state index contributed by atoms with van der Waals surface area (Å²) in [4.78, 5) is 4.09. The van der Waals surface area contributed by atoms with Crippen molar-refractivity contribution >= 4 is 27.5 Å². The summed E-state index contributed by atoms with van der Waals surface area (Å²) in [5.74, 6) is 5.63. The minimum absolute atomic E-state index is 0.0424. The fraction of sp³-hybridized carbons (Fsp3) is 0.154. The van der Waals surface area contributed by atoms with Gasteiger partial charge in [0, 0.05) is 16.9 Å². The van der Waals surface area contributed by atoms with Crippen molar-refractivity contribution in [2.75, 3.05) is 0 Å². The molecule has 0 aliphatic carbocycles. The fourth-order valence-electron chi connectivity index (χ4n) is 1.80. The van der Waals surface area contributed by atoms with E-state index in [1.54, 1.807) is 6.20 Å². The van der Waals surface area contributed by atoms with E-state index < -0.39 is 0 Å². The molecule has 0 spiro atoms. The molecule has 0 fully saturated rings. The lowest BCUT2D eigenvalue weighted by atomic mass is 10.0. The molecule has 0 saturated carbocycles. The summed E-state index contributed by atoms with van der Waals surface area (Å²) in [5.41, 5.74) is 4.88. The van der Waals surface area contributed by atoms with Gasteiger partial charge in [-0.05, 0) is 45.6 Å². The fourth-order valence-corrected chi connectivity index (χ4v) is 2.44. The van der Waals surface area contributed by atoms with E-state index in [0.717, 1.165) is 22.0 Å². The van der Waals surface area contributed by atoms with Crippen LogP contribution in [0.5, 0.6) is 0 Å². The van der Waals surface area contributed by atoms with E-state index in [0.29, 0.717) is 5.02 Å². The molecule has 94 valence electrons. The highest BCUT2D eigenvalue weighted by atomic mass is 79.9. The van der Waals surface area contributed by atoms with Gasteiger partial charge in [-0.2, -0.15) is 0 Å². The zero-order valence-electron chi connectivity index (χ0n) is 9.61. The van der Waals surface area contributed by atoms with Crippen LogP contribution in [0.1, 0.15) is 17.2 Å². The molecule has 1 aromatic heterocycles. The number of benzene rings is 1. The maximum atomic E-state index is 6.27. The lowest BCUT2D eigenvalue weighted by Gasteiger charge is -2.18.